The Kier molecular flexibility index (Phi) is 4.33. The summed E-state index contributed by atoms with van der Waals surface area (Å²) in [5.41, 5.74) is 2.23. The zero-order chi connectivity index (χ0) is 17.3. The van der Waals surface area contributed by atoms with Crippen molar-refractivity contribution >= 4 is 28.4 Å². The number of rotatable bonds is 5. The van der Waals surface area contributed by atoms with Crippen LogP contribution >= 0.6 is 11.6 Å². The first kappa shape index (κ1) is 16.2. The van der Waals surface area contributed by atoms with Gasteiger partial charge >= 0.3 is 0 Å². The van der Waals surface area contributed by atoms with Gasteiger partial charge in [0.2, 0.25) is 0 Å². The lowest BCUT2D eigenvalue weighted by atomic mass is 10.0. The lowest BCUT2D eigenvalue weighted by Crippen LogP contribution is -2.20. The van der Waals surface area contributed by atoms with Gasteiger partial charge in [-0.2, -0.15) is 0 Å². The summed E-state index contributed by atoms with van der Waals surface area (Å²) in [5.74, 6) is -0.475. The highest BCUT2D eigenvalue weighted by Gasteiger charge is 2.15. The summed E-state index contributed by atoms with van der Waals surface area (Å²) in [7, 11) is 0. The number of fused-ring (bicyclic) bond motifs is 1. The SMILES string of the molecule is C=CC(=O)C(O)Cc1ccc(O)c(-n2nc3ccc(Cl)cc3n2)c1. The normalized spacial score (nSPS) is 12.2. The van der Waals surface area contributed by atoms with Crippen LogP contribution in [0.1, 0.15) is 5.56 Å². The largest absolute Gasteiger partial charge is 0.506 e. The maximum Gasteiger partial charge on any atom is 0.183 e. The van der Waals surface area contributed by atoms with Crippen molar-refractivity contribution in [3.63, 3.8) is 0 Å². The van der Waals surface area contributed by atoms with Crippen LogP contribution in [0.15, 0.2) is 49.1 Å². The Labute approximate surface area is 142 Å². The van der Waals surface area contributed by atoms with E-state index in [0.717, 1.165) is 6.08 Å². The Morgan fingerprint density at radius 2 is 2.00 bits per heavy atom. The number of aliphatic hydroxyl groups is 1. The van der Waals surface area contributed by atoms with Crippen molar-refractivity contribution in [2.45, 2.75) is 12.5 Å². The molecule has 2 aromatic carbocycles. The van der Waals surface area contributed by atoms with Crippen LogP contribution in [0.2, 0.25) is 5.02 Å². The maximum atomic E-state index is 11.4. The fraction of sp³-hybridized carbons (Fsp3) is 0.118. The molecular weight excluding hydrogens is 330 g/mol. The van der Waals surface area contributed by atoms with Crippen molar-refractivity contribution < 1.29 is 15.0 Å². The van der Waals surface area contributed by atoms with Gasteiger partial charge in [0.05, 0.1) is 0 Å². The van der Waals surface area contributed by atoms with Gasteiger partial charge in [0.25, 0.3) is 0 Å². The third-order valence-electron chi connectivity index (χ3n) is 3.56. The molecule has 6 nitrogen and oxygen atoms in total. The minimum atomic E-state index is -1.18. The molecule has 3 rings (SSSR count). The number of phenolic OH excluding ortho intramolecular Hbond substituents is 1. The molecule has 1 heterocycles. The average Bonchev–Trinajstić information content (AvgIpc) is 2.98. The minimum absolute atomic E-state index is 0.0188. The van der Waals surface area contributed by atoms with Crippen molar-refractivity contribution in [3.05, 3.63) is 59.6 Å². The summed E-state index contributed by atoms with van der Waals surface area (Å²) in [6.07, 6.45) is 0.00534. The van der Waals surface area contributed by atoms with Crippen molar-refractivity contribution in [1.82, 2.24) is 15.0 Å². The van der Waals surface area contributed by atoms with Gasteiger partial charge in [0.15, 0.2) is 5.78 Å². The molecule has 0 aliphatic rings. The number of carbonyl (C=O) groups excluding carboxylic acids is 1. The second kappa shape index (κ2) is 6.43. The smallest absolute Gasteiger partial charge is 0.183 e. The highest BCUT2D eigenvalue weighted by molar-refractivity contribution is 6.31. The van der Waals surface area contributed by atoms with Gasteiger partial charge in [-0.1, -0.05) is 24.2 Å². The van der Waals surface area contributed by atoms with Crippen LogP contribution in [0.25, 0.3) is 16.7 Å². The first-order chi connectivity index (χ1) is 11.5. The molecule has 0 aliphatic heterocycles. The highest BCUT2D eigenvalue weighted by atomic mass is 35.5. The molecule has 0 fully saturated rings. The van der Waals surface area contributed by atoms with Crippen LogP contribution in [0.4, 0.5) is 0 Å². The number of carbonyl (C=O) groups is 1. The summed E-state index contributed by atoms with van der Waals surface area (Å²) >= 11 is 5.94. The Morgan fingerprint density at radius 3 is 2.75 bits per heavy atom. The van der Waals surface area contributed by atoms with Crippen LogP contribution in [0, 0.1) is 0 Å². The van der Waals surface area contributed by atoms with Gasteiger partial charge in [-0.05, 0) is 42.0 Å². The number of aromatic hydroxyl groups is 1. The van der Waals surface area contributed by atoms with Crippen LogP contribution in [-0.2, 0) is 11.2 Å². The molecule has 122 valence electrons. The fourth-order valence-corrected chi connectivity index (χ4v) is 2.48. The monoisotopic (exact) mass is 343 g/mol. The molecule has 0 saturated heterocycles. The third-order valence-corrected chi connectivity index (χ3v) is 3.79. The lowest BCUT2D eigenvalue weighted by molar-refractivity contribution is -0.122. The fourth-order valence-electron chi connectivity index (χ4n) is 2.31. The lowest BCUT2D eigenvalue weighted by Gasteiger charge is -2.09. The molecule has 1 aromatic heterocycles. The molecule has 0 saturated carbocycles. The van der Waals surface area contributed by atoms with E-state index in [1.54, 1.807) is 30.3 Å². The van der Waals surface area contributed by atoms with Crippen LogP contribution in [-0.4, -0.2) is 37.1 Å². The van der Waals surface area contributed by atoms with Crippen LogP contribution in [0.3, 0.4) is 0 Å². The van der Waals surface area contributed by atoms with Crippen LogP contribution in [0.5, 0.6) is 5.75 Å². The second-order valence-electron chi connectivity index (χ2n) is 5.27. The number of halogens is 1. The summed E-state index contributed by atoms with van der Waals surface area (Å²) in [5, 5.41) is 29.0. The Morgan fingerprint density at radius 1 is 1.25 bits per heavy atom. The number of ketones is 1. The summed E-state index contributed by atoms with van der Waals surface area (Å²) in [6.45, 7) is 3.35. The minimum Gasteiger partial charge on any atom is -0.506 e. The van der Waals surface area contributed by atoms with Gasteiger partial charge in [-0.3, -0.25) is 4.79 Å². The van der Waals surface area contributed by atoms with E-state index in [1.807, 2.05) is 0 Å². The average molecular weight is 344 g/mol. The predicted octanol–water partition coefficient (Wildman–Crippen LogP) is 2.44. The zero-order valence-electron chi connectivity index (χ0n) is 12.6. The molecule has 24 heavy (non-hydrogen) atoms. The summed E-state index contributed by atoms with van der Waals surface area (Å²) in [6, 6.07) is 9.82. The van der Waals surface area contributed by atoms with Gasteiger partial charge in [0, 0.05) is 11.4 Å². The molecule has 3 aromatic rings. The van der Waals surface area contributed by atoms with Crippen molar-refractivity contribution in [2.75, 3.05) is 0 Å². The topological polar surface area (TPSA) is 88.2 Å². The number of hydrogen-bond acceptors (Lipinski definition) is 5. The molecule has 0 bridgehead atoms. The second-order valence-corrected chi connectivity index (χ2v) is 5.71. The van der Waals surface area contributed by atoms with Crippen molar-refractivity contribution in [2.24, 2.45) is 0 Å². The Bertz CT molecular complexity index is 936. The molecule has 0 amide bonds. The van der Waals surface area contributed by atoms with E-state index in [4.69, 9.17) is 11.6 Å². The summed E-state index contributed by atoms with van der Waals surface area (Å²) in [4.78, 5) is 12.7. The van der Waals surface area contributed by atoms with Crippen molar-refractivity contribution in [1.29, 1.82) is 0 Å². The number of aliphatic hydroxyl groups excluding tert-OH is 1. The van der Waals surface area contributed by atoms with Gasteiger partial charge < -0.3 is 10.2 Å². The maximum absolute atomic E-state index is 11.4. The number of phenols is 1. The van der Waals surface area contributed by atoms with E-state index in [0.29, 0.717) is 27.3 Å². The molecule has 1 atom stereocenters. The molecule has 7 heteroatoms. The van der Waals surface area contributed by atoms with Gasteiger partial charge in [-0.25, -0.2) is 0 Å². The Balaban J connectivity index is 1.98. The predicted molar refractivity (Wildman–Crippen MR) is 90.5 cm³/mol. The van der Waals surface area contributed by atoms with Crippen LogP contribution < -0.4 is 0 Å². The summed E-state index contributed by atoms with van der Waals surface area (Å²) < 4.78 is 0. The van der Waals surface area contributed by atoms with Gasteiger partial charge in [-0.15, -0.1) is 15.0 Å². The van der Waals surface area contributed by atoms with E-state index < -0.39 is 11.9 Å². The van der Waals surface area contributed by atoms with Crippen molar-refractivity contribution in [3.8, 4) is 11.4 Å². The first-order valence-electron chi connectivity index (χ1n) is 7.17. The van der Waals surface area contributed by atoms with Gasteiger partial charge in [0.1, 0.15) is 28.6 Å². The number of nitrogens with zero attached hydrogens (tertiary/aromatic N) is 3. The zero-order valence-corrected chi connectivity index (χ0v) is 13.3. The highest BCUT2D eigenvalue weighted by Crippen LogP contribution is 2.24. The number of aromatic nitrogens is 3. The molecule has 0 aliphatic carbocycles. The molecule has 0 spiro atoms. The molecular formula is C17H14ClN3O3. The molecule has 2 N–H and O–H groups in total. The third kappa shape index (κ3) is 3.15. The van der Waals surface area contributed by atoms with E-state index >= 15 is 0 Å². The molecule has 1 unspecified atom stereocenters. The first-order valence-corrected chi connectivity index (χ1v) is 7.55. The Hall–Kier alpha value is -2.70. The van der Waals surface area contributed by atoms with E-state index in [-0.39, 0.29) is 12.2 Å². The number of hydrogen-bond donors (Lipinski definition) is 2. The quantitative estimate of drug-likeness (QED) is 0.695. The van der Waals surface area contributed by atoms with E-state index in [1.165, 1.54) is 10.9 Å². The van der Waals surface area contributed by atoms with E-state index in [2.05, 4.69) is 16.8 Å². The molecule has 0 radical (unpaired) electrons. The standard InChI is InChI=1S/C17H14ClN3O3/c1-2-15(22)17(24)8-10-3-6-16(23)14(7-10)21-19-12-5-4-11(18)9-13(12)20-21/h2-7,9,17,23-24H,1,8H2. The number of benzene rings is 2. The van der Waals surface area contributed by atoms with E-state index in [9.17, 15) is 15.0 Å².